The van der Waals surface area contributed by atoms with E-state index in [1.54, 1.807) is 11.1 Å². The van der Waals surface area contributed by atoms with E-state index in [2.05, 4.69) is 25.1 Å². The molecule has 4 rings (SSSR count). The molecule has 3 aromatic heterocycles. The minimum Gasteiger partial charge on any atom is -0.346 e. The molecule has 3 aromatic rings. The van der Waals surface area contributed by atoms with Crippen LogP contribution in [-0.2, 0) is 11.1 Å². The zero-order valence-electron chi connectivity index (χ0n) is 14.1. The summed E-state index contributed by atoms with van der Waals surface area (Å²) in [5.74, 6) is 0.787. The molecule has 0 spiro atoms. The molecule has 0 bridgehead atoms. The fourth-order valence-corrected chi connectivity index (χ4v) is 4.21. The Morgan fingerprint density at radius 1 is 1.46 bits per heavy atom. The second kappa shape index (κ2) is 6.68. The number of aromatic nitrogens is 5. The highest BCUT2D eigenvalue weighted by Gasteiger charge is 2.31. The van der Waals surface area contributed by atoms with Gasteiger partial charge in [-0.3, -0.25) is 4.90 Å². The number of likely N-dealkylation sites (tertiary alicyclic amines) is 1. The molecule has 3 atom stereocenters. The van der Waals surface area contributed by atoms with Crippen LogP contribution in [0, 0.1) is 18.3 Å². The van der Waals surface area contributed by atoms with Crippen molar-refractivity contribution in [3.8, 4) is 6.07 Å². The number of nitrogens with one attached hydrogen (secondary N) is 1. The van der Waals surface area contributed by atoms with Gasteiger partial charge in [0.05, 0.1) is 11.5 Å². The van der Waals surface area contributed by atoms with Crippen LogP contribution < -0.4 is 0 Å². The van der Waals surface area contributed by atoms with E-state index in [1.807, 2.05) is 19.1 Å². The number of H-pyrrole nitrogens is 1. The zero-order chi connectivity index (χ0) is 18.3. The van der Waals surface area contributed by atoms with E-state index in [1.165, 1.54) is 0 Å². The Morgan fingerprint density at radius 2 is 2.27 bits per heavy atom. The molecule has 1 saturated heterocycles. The van der Waals surface area contributed by atoms with Crippen molar-refractivity contribution in [2.24, 2.45) is 0 Å². The van der Waals surface area contributed by atoms with Crippen molar-refractivity contribution in [1.29, 1.82) is 5.26 Å². The highest BCUT2D eigenvalue weighted by atomic mass is 32.2. The van der Waals surface area contributed by atoms with Crippen LogP contribution in [0.2, 0.25) is 0 Å². The number of fused-ring (bicyclic) bond motifs is 3. The van der Waals surface area contributed by atoms with Gasteiger partial charge in [0, 0.05) is 36.3 Å². The summed E-state index contributed by atoms with van der Waals surface area (Å²) < 4.78 is 20.9. The Hall–Kier alpha value is -2.48. The number of rotatable bonds is 3. The quantitative estimate of drug-likeness (QED) is 0.661. The molecule has 0 radical (unpaired) electrons. The van der Waals surface area contributed by atoms with Gasteiger partial charge in [0.25, 0.3) is 0 Å². The molecule has 10 heteroatoms. The van der Waals surface area contributed by atoms with Gasteiger partial charge in [-0.15, -0.1) is 10.2 Å². The number of nitriles is 1. The second-order valence-electron chi connectivity index (χ2n) is 6.41. The average molecular weight is 371 g/mol. The van der Waals surface area contributed by atoms with E-state index in [0.29, 0.717) is 24.4 Å². The van der Waals surface area contributed by atoms with Gasteiger partial charge in [0.1, 0.15) is 5.82 Å². The van der Waals surface area contributed by atoms with Gasteiger partial charge in [-0.1, -0.05) is 0 Å². The summed E-state index contributed by atoms with van der Waals surface area (Å²) in [5, 5.41) is 18.3. The number of aromatic amines is 1. The van der Waals surface area contributed by atoms with Crippen molar-refractivity contribution in [2.45, 2.75) is 31.1 Å². The van der Waals surface area contributed by atoms with Crippen LogP contribution in [0.4, 0.5) is 0 Å². The minimum absolute atomic E-state index is 0.0645. The van der Waals surface area contributed by atoms with Crippen molar-refractivity contribution in [3.63, 3.8) is 0 Å². The molecule has 2 N–H and O–H groups in total. The predicted octanol–water partition coefficient (Wildman–Crippen LogP) is 1.46. The summed E-state index contributed by atoms with van der Waals surface area (Å²) in [6, 6.07) is 3.83. The van der Waals surface area contributed by atoms with Crippen molar-refractivity contribution in [1.82, 2.24) is 30.0 Å². The molecular formula is C16H17N7O2S. The first-order valence-corrected chi connectivity index (χ1v) is 9.46. The van der Waals surface area contributed by atoms with E-state index in [9.17, 15) is 14.0 Å². The first-order chi connectivity index (χ1) is 12.6. The van der Waals surface area contributed by atoms with Gasteiger partial charge < -0.3 is 9.54 Å². The summed E-state index contributed by atoms with van der Waals surface area (Å²) in [6.45, 7) is 2.99. The average Bonchev–Trinajstić information content (AvgIpc) is 3.10. The fourth-order valence-electron chi connectivity index (χ4n) is 3.67. The molecule has 4 heterocycles. The van der Waals surface area contributed by atoms with Crippen molar-refractivity contribution in [2.75, 3.05) is 13.1 Å². The Morgan fingerprint density at radius 3 is 3.04 bits per heavy atom. The summed E-state index contributed by atoms with van der Waals surface area (Å²) in [4.78, 5) is 13.8. The maximum Gasteiger partial charge on any atom is 0.200 e. The third kappa shape index (κ3) is 2.84. The van der Waals surface area contributed by atoms with E-state index >= 15 is 0 Å². The fraction of sp³-hybridized carbons (Fsp3) is 0.438. The van der Waals surface area contributed by atoms with E-state index in [0.717, 1.165) is 35.1 Å². The lowest BCUT2D eigenvalue weighted by molar-refractivity contribution is 0.208. The molecule has 134 valence electrons. The van der Waals surface area contributed by atoms with Crippen molar-refractivity contribution < 1.29 is 8.76 Å². The smallest absolute Gasteiger partial charge is 0.200 e. The van der Waals surface area contributed by atoms with Gasteiger partial charge in [-0.05, 0) is 25.8 Å². The van der Waals surface area contributed by atoms with Crippen LogP contribution in [0.5, 0.6) is 0 Å². The first kappa shape index (κ1) is 17.0. The van der Waals surface area contributed by atoms with Crippen LogP contribution >= 0.6 is 0 Å². The van der Waals surface area contributed by atoms with Crippen LogP contribution in [0.1, 0.15) is 30.3 Å². The molecular weight excluding hydrogens is 354 g/mol. The van der Waals surface area contributed by atoms with E-state index < -0.39 is 16.5 Å². The number of hydrogen-bond acceptors (Lipinski definition) is 7. The van der Waals surface area contributed by atoms with Gasteiger partial charge in [-0.25, -0.2) is 14.2 Å². The van der Waals surface area contributed by atoms with E-state index in [-0.39, 0.29) is 5.92 Å². The summed E-state index contributed by atoms with van der Waals surface area (Å²) in [6.07, 6.45) is 3.42. The molecule has 0 saturated carbocycles. The highest BCUT2D eigenvalue weighted by Crippen LogP contribution is 2.33. The summed E-state index contributed by atoms with van der Waals surface area (Å²) >= 11 is -2.21. The molecule has 1 aliphatic rings. The van der Waals surface area contributed by atoms with Gasteiger partial charge >= 0.3 is 0 Å². The van der Waals surface area contributed by atoms with E-state index in [4.69, 9.17) is 0 Å². The third-order valence-electron chi connectivity index (χ3n) is 4.76. The molecule has 26 heavy (non-hydrogen) atoms. The minimum atomic E-state index is -2.21. The standard InChI is InChI=1S/C16H17N7O2S/c1-9-19-14(10-3-2-6-23(8-10)12(7-17)26(24)25)13-11-4-5-18-15(11)21-22-16(13)20-9/h4-5,10,12H,2-3,6,8H2,1H3,(H,24,25)(H,19,20,22). The Kier molecular flexibility index (Phi) is 4.36. The number of nitrogens with zero attached hydrogens (tertiary/aromatic N) is 6. The topological polar surface area (TPSA) is 132 Å². The van der Waals surface area contributed by atoms with Crippen LogP contribution in [0.15, 0.2) is 12.3 Å². The lowest BCUT2D eigenvalue weighted by atomic mass is 9.92. The molecule has 0 amide bonds. The Bertz CT molecular complexity index is 1040. The largest absolute Gasteiger partial charge is 0.346 e. The monoisotopic (exact) mass is 371 g/mol. The summed E-state index contributed by atoms with van der Waals surface area (Å²) in [5.41, 5.74) is 2.08. The molecule has 9 nitrogen and oxygen atoms in total. The van der Waals surface area contributed by atoms with Crippen molar-refractivity contribution >= 4 is 33.1 Å². The molecule has 0 aliphatic carbocycles. The first-order valence-electron chi connectivity index (χ1n) is 8.29. The van der Waals surface area contributed by atoms with Crippen molar-refractivity contribution in [3.05, 3.63) is 23.8 Å². The maximum atomic E-state index is 11.5. The third-order valence-corrected chi connectivity index (χ3v) is 5.55. The zero-order valence-corrected chi connectivity index (χ0v) is 14.9. The predicted molar refractivity (Wildman–Crippen MR) is 95.4 cm³/mol. The lowest BCUT2D eigenvalue weighted by Gasteiger charge is -2.34. The molecule has 3 unspecified atom stereocenters. The highest BCUT2D eigenvalue weighted by molar-refractivity contribution is 7.80. The van der Waals surface area contributed by atoms with Gasteiger partial charge in [0.15, 0.2) is 27.7 Å². The number of hydrogen-bond donors (Lipinski definition) is 2. The SMILES string of the molecule is Cc1nc2nnc3nccc3c2c(C2CCCN(C(C#N)S(=O)O)C2)[nH]1. The van der Waals surface area contributed by atoms with Crippen LogP contribution in [-0.4, -0.2) is 57.3 Å². The number of aryl methyl sites for hydroxylation is 1. The number of piperidine rings is 1. The Balaban J connectivity index is 1.82. The molecule has 1 fully saturated rings. The van der Waals surface area contributed by atoms with Crippen LogP contribution in [0.25, 0.3) is 22.1 Å². The maximum absolute atomic E-state index is 11.5. The lowest BCUT2D eigenvalue weighted by Crippen LogP contribution is -2.43. The van der Waals surface area contributed by atoms with Gasteiger partial charge in [-0.2, -0.15) is 5.26 Å². The summed E-state index contributed by atoms with van der Waals surface area (Å²) in [7, 11) is 0. The second-order valence-corrected chi connectivity index (χ2v) is 7.41. The normalized spacial score (nSPS) is 20.9. The molecule has 0 aromatic carbocycles. The Labute approximate surface area is 151 Å². The molecule has 1 aliphatic heterocycles. The van der Waals surface area contributed by atoms with Crippen LogP contribution in [0.3, 0.4) is 0 Å². The van der Waals surface area contributed by atoms with Gasteiger partial charge in [0.2, 0.25) is 0 Å².